The first-order valence-electron chi connectivity index (χ1n) is 7.47. The number of benzene rings is 2. The Bertz CT molecular complexity index is 699. The number of carbonyl (C=O) groups is 1. The van der Waals surface area contributed by atoms with Crippen LogP contribution in [0.2, 0.25) is 0 Å². The maximum atomic E-state index is 13.8. The summed E-state index contributed by atoms with van der Waals surface area (Å²) in [4.78, 5) is 14.2. The molecule has 0 saturated heterocycles. The fourth-order valence-corrected chi connectivity index (χ4v) is 2.80. The van der Waals surface area contributed by atoms with Gasteiger partial charge < -0.3 is 5.32 Å². The van der Waals surface area contributed by atoms with E-state index < -0.39 is 5.82 Å². The van der Waals surface area contributed by atoms with Crippen LogP contribution in [0.4, 0.5) is 10.1 Å². The number of carbonyl (C=O) groups excluding carboxylic acids is 1. The summed E-state index contributed by atoms with van der Waals surface area (Å²) in [7, 11) is 0. The largest absolute Gasteiger partial charge is 0.322 e. The van der Waals surface area contributed by atoms with Crippen LogP contribution >= 0.6 is 0 Å². The van der Waals surface area contributed by atoms with E-state index in [1.165, 1.54) is 17.2 Å². The Labute approximate surface area is 129 Å². The smallest absolute Gasteiger partial charge is 0.238 e. The minimum atomic E-state index is -0.391. The van der Waals surface area contributed by atoms with Crippen molar-refractivity contribution >= 4 is 11.6 Å². The first kappa shape index (κ1) is 14.7. The highest BCUT2D eigenvalue weighted by Gasteiger charge is 2.18. The molecule has 2 aromatic rings. The Balaban J connectivity index is 1.61. The highest BCUT2D eigenvalue weighted by atomic mass is 19.1. The molecule has 0 unspecified atom stereocenters. The minimum Gasteiger partial charge on any atom is -0.322 e. The van der Waals surface area contributed by atoms with Gasteiger partial charge >= 0.3 is 0 Å². The quantitative estimate of drug-likeness (QED) is 0.944. The van der Waals surface area contributed by atoms with Gasteiger partial charge in [-0.1, -0.05) is 30.3 Å². The molecule has 1 aliphatic rings. The van der Waals surface area contributed by atoms with E-state index >= 15 is 0 Å². The van der Waals surface area contributed by atoms with Crippen LogP contribution < -0.4 is 5.32 Å². The molecule has 0 atom stereocenters. The van der Waals surface area contributed by atoms with E-state index in [2.05, 4.69) is 22.3 Å². The molecule has 1 aliphatic heterocycles. The van der Waals surface area contributed by atoms with Gasteiger partial charge in [-0.3, -0.25) is 9.69 Å². The van der Waals surface area contributed by atoms with Crippen molar-refractivity contribution < 1.29 is 9.18 Å². The van der Waals surface area contributed by atoms with Crippen molar-refractivity contribution in [2.75, 3.05) is 18.4 Å². The second-order valence-electron chi connectivity index (χ2n) is 5.76. The van der Waals surface area contributed by atoms with E-state index in [0.717, 1.165) is 25.1 Å². The zero-order chi connectivity index (χ0) is 15.5. The molecule has 4 heteroatoms. The third-order valence-electron chi connectivity index (χ3n) is 3.98. The summed E-state index contributed by atoms with van der Waals surface area (Å²) >= 11 is 0. The normalized spacial score (nSPS) is 14.5. The Morgan fingerprint density at radius 3 is 2.77 bits per heavy atom. The van der Waals surface area contributed by atoms with Crippen molar-refractivity contribution in [1.29, 1.82) is 0 Å². The topological polar surface area (TPSA) is 32.3 Å². The molecule has 2 aromatic carbocycles. The van der Waals surface area contributed by atoms with Gasteiger partial charge in [-0.25, -0.2) is 4.39 Å². The second-order valence-corrected chi connectivity index (χ2v) is 5.76. The minimum absolute atomic E-state index is 0.179. The molecule has 0 radical (unpaired) electrons. The molecule has 0 bridgehead atoms. The van der Waals surface area contributed by atoms with Gasteiger partial charge in [-0.05, 0) is 42.2 Å². The number of hydrogen-bond donors (Lipinski definition) is 1. The number of halogens is 1. The van der Waals surface area contributed by atoms with Gasteiger partial charge in [0, 0.05) is 13.1 Å². The lowest BCUT2D eigenvalue weighted by atomic mass is 10.00. The molecule has 0 saturated carbocycles. The van der Waals surface area contributed by atoms with E-state index in [4.69, 9.17) is 0 Å². The Morgan fingerprint density at radius 1 is 1.23 bits per heavy atom. The van der Waals surface area contributed by atoms with Gasteiger partial charge in [-0.15, -0.1) is 0 Å². The van der Waals surface area contributed by atoms with Crippen molar-refractivity contribution in [3.05, 3.63) is 65.0 Å². The molecular weight excluding hydrogens is 279 g/mol. The van der Waals surface area contributed by atoms with Crippen molar-refractivity contribution in [3.8, 4) is 0 Å². The van der Waals surface area contributed by atoms with E-state index in [1.54, 1.807) is 12.1 Å². The van der Waals surface area contributed by atoms with Crippen LogP contribution in [0.5, 0.6) is 0 Å². The molecule has 0 fully saturated rings. The lowest BCUT2D eigenvalue weighted by Crippen LogP contribution is -2.37. The van der Waals surface area contributed by atoms with Crippen molar-refractivity contribution in [2.45, 2.75) is 19.9 Å². The van der Waals surface area contributed by atoms with Crippen LogP contribution in [0.15, 0.2) is 42.5 Å². The number of amides is 1. The number of anilines is 1. The van der Waals surface area contributed by atoms with Crippen LogP contribution in [-0.4, -0.2) is 23.9 Å². The number of nitrogens with one attached hydrogen (secondary N) is 1. The van der Waals surface area contributed by atoms with E-state index in [9.17, 15) is 9.18 Å². The molecule has 1 heterocycles. The first-order chi connectivity index (χ1) is 10.6. The standard InChI is InChI=1S/C18H19FN2O/c1-13-6-7-17(16(19)10-13)20-18(22)12-21-9-8-14-4-2-3-5-15(14)11-21/h2-7,10H,8-9,11-12H2,1H3,(H,20,22). The van der Waals surface area contributed by atoms with Crippen molar-refractivity contribution in [2.24, 2.45) is 0 Å². The number of fused-ring (bicyclic) bond motifs is 1. The maximum absolute atomic E-state index is 13.8. The molecule has 22 heavy (non-hydrogen) atoms. The van der Waals surface area contributed by atoms with Crippen LogP contribution in [0.1, 0.15) is 16.7 Å². The summed E-state index contributed by atoms with van der Waals surface area (Å²) < 4.78 is 13.8. The highest BCUT2D eigenvalue weighted by Crippen LogP contribution is 2.19. The molecule has 3 nitrogen and oxygen atoms in total. The molecule has 1 N–H and O–H groups in total. The molecule has 0 spiro atoms. The number of nitrogens with zero attached hydrogens (tertiary/aromatic N) is 1. The zero-order valence-corrected chi connectivity index (χ0v) is 12.6. The fourth-order valence-electron chi connectivity index (χ4n) is 2.80. The van der Waals surface area contributed by atoms with E-state index in [1.807, 2.05) is 19.1 Å². The van der Waals surface area contributed by atoms with Crippen LogP contribution in [0.3, 0.4) is 0 Å². The monoisotopic (exact) mass is 298 g/mol. The summed E-state index contributed by atoms with van der Waals surface area (Å²) in [5.41, 5.74) is 3.70. The van der Waals surface area contributed by atoms with E-state index in [0.29, 0.717) is 0 Å². The first-order valence-corrected chi connectivity index (χ1v) is 7.47. The maximum Gasteiger partial charge on any atom is 0.238 e. The predicted molar refractivity (Wildman–Crippen MR) is 85.2 cm³/mol. The molecular formula is C18H19FN2O. The molecule has 0 aromatic heterocycles. The summed E-state index contributed by atoms with van der Waals surface area (Å²) in [5, 5.41) is 2.65. The van der Waals surface area contributed by atoms with Crippen LogP contribution in [-0.2, 0) is 17.8 Å². The second kappa shape index (κ2) is 6.28. The third-order valence-corrected chi connectivity index (χ3v) is 3.98. The molecule has 0 aliphatic carbocycles. The molecule has 3 rings (SSSR count). The summed E-state index contributed by atoms with van der Waals surface area (Å²) in [5.74, 6) is -0.570. The third kappa shape index (κ3) is 3.34. The van der Waals surface area contributed by atoms with E-state index in [-0.39, 0.29) is 18.1 Å². The lowest BCUT2D eigenvalue weighted by Gasteiger charge is -2.28. The van der Waals surface area contributed by atoms with Gasteiger partial charge in [0.25, 0.3) is 0 Å². The SMILES string of the molecule is Cc1ccc(NC(=O)CN2CCc3ccccc3C2)c(F)c1. The predicted octanol–water partition coefficient (Wildman–Crippen LogP) is 3.13. The summed E-state index contributed by atoms with van der Waals surface area (Å²) in [6, 6.07) is 13.1. The van der Waals surface area contributed by atoms with Gasteiger partial charge in [0.05, 0.1) is 12.2 Å². The average molecular weight is 298 g/mol. The Kier molecular flexibility index (Phi) is 4.20. The summed E-state index contributed by atoms with van der Waals surface area (Å²) in [6.45, 7) is 3.71. The number of rotatable bonds is 3. The lowest BCUT2D eigenvalue weighted by molar-refractivity contribution is -0.117. The van der Waals surface area contributed by atoms with Crippen LogP contribution in [0, 0.1) is 12.7 Å². The molecule has 114 valence electrons. The fraction of sp³-hybridized carbons (Fsp3) is 0.278. The molecule has 1 amide bonds. The van der Waals surface area contributed by atoms with Gasteiger partial charge in [-0.2, -0.15) is 0 Å². The van der Waals surface area contributed by atoms with Crippen molar-refractivity contribution in [1.82, 2.24) is 4.90 Å². The Hall–Kier alpha value is -2.20. The van der Waals surface area contributed by atoms with Crippen molar-refractivity contribution in [3.63, 3.8) is 0 Å². The number of aryl methyl sites for hydroxylation is 1. The summed E-state index contributed by atoms with van der Waals surface area (Å²) in [6.07, 6.45) is 0.947. The highest BCUT2D eigenvalue weighted by molar-refractivity contribution is 5.92. The average Bonchev–Trinajstić information content (AvgIpc) is 2.50. The van der Waals surface area contributed by atoms with Gasteiger partial charge in [0.1, 0.15) is 5.82 Å². The van der Waals surface area contributed by atoms with Gasteiger partial charge in [0.2, 0.25) is 5.91 Å². The zero-order valence-electron chi connectivity index (χ0n) is 12.6. The van der Waals surface area contributed by atoms with Crippen LogP contribution in [0.25, 0.3) is 0 Å². The van der Waals surface area contributed by atoms with Gasteiger partial charge in [0.15, 0.2) is 0 Å². The number of hydrogen-bond acceptors (Lipinski definition) is 2. The Morgan fingerprint density at radius 2 is 2.00 bits per heavy atom.